The van der Waals surface area contributed by atoms with E-state index in [0.29, 0.717) is 22.0 Å². The fourth-order valence-electron chi connectivity index (χ4n) is 2.62. The predicted molar refractivity (Wildman–Crippen MR) is 69.9 cm³/mol. The van der Waals surface area contributed by atoms with E-state index >= 15 is 0 Å². The highest BCUT2D eigenvalue weighted by molar-refractivity contribution is 6.42. The van der Waals surface area contributed by atoms with E-state index in [1.54, 1.807) is 18.2 Å². The Kier molecular flexibility index (Phi) is 4.15. The van der Waals surface area contributed by atoms with Gasteiger partial charge in [0.2, 0.25) is 0 Å². The summed E-state index contributed by atoms with van der Waals surface area (Å²) in [6.45, 7) is 0. The van der Waals surface area contributed by atoms with E-state index in [1.807, 2.05) is 0 Å². The third kappa shape index (κ3) is 2.63. The Labute approximate surface area is 115 Å². The number of aliphatic hydroxyl groups is 1. The fraction of sp³-hybridized carbons (Fsp3) is 0.462. The van der Waals surface area contributed by atoms with Crippen LogP contribution in [-0.4, -0.2) is 16.2 Å². The molecule has 0 saturated heterocycles. The van der Waals surface area contributed by atoms with Gasteiger partial charge in [0, 0.05) is 5.92 Å². The molecule has 0 bridgehead atoms. The van der Waals surface area contributed by atoms with Crippen LogP contribution in [0.15, 0.2) is 18.2 Å². The lowest BCUT2D eigenvalue weighted by Crippen LogP contribution is -2.23. The average Bonchev–Trinajstić information content (AvgIpc) is 2.81. The second-order valence-electron chi connectivity index (χ2n) is 4.66. The monoisotopic (exact) mass is 288 g/mol. The van der Waals surface area contributed by atoms with Crippen molar-refractivity contribution in [3.63, 3.8) is 0 Å². The summed E-state index contributed by atoms with van der Waals surface area (Å²) in [4.78, 5) is 11.1. The molecule has 1 fully saturated rings. The molecule has 0 amide bonds. The van der Waals surface area contributed by atoms with Gasteiger partial charge < -0.3 is 10.2 Å². The van der Waals surface area contributed by atoms with Crippen molar-refractivity contribution in [2.75, 3.05) is 0 Å². The van der Waals surface area contributed by atoms with Gasteiger partial charge >= 0.3 is 5.97 Å². The molecule has 0 heterocycles. The molecule has 18 heavy (non-hydrogen) atoms. The van der Waals surface area contributed by atoms with Gasteiger partial charge in [0.25, 0.3) is 0 Å². The lowest BCUT2D eigenvalue weighted by molar-refractivity contribution is -0.144. The molecule has 2 N–H and O–H groups in total. The van der Waals surface area contributed by atoms with E-state index in [0.717, 1.165) is 12.8 Å². The summed E-state index contributed by atoms with van der Waals surface area (Å²) in [6, 6.07) is 4.91. The molecular formula is C13H14Cl2O3. The van der Waals surface area contributed by atoms with E-state index < -0.39 is 18.0 Å². The SMILES string of the molecule is O=C(O)C1CCCC1C(O)c1ccc(Cl)c(Cl)c1. The third-order valence-corrected chi connectivity index (χ3v) is 4.32. The van der Waals surface area contributed by atoms with E-state index in [4.69, 9.17) is 28.3 Å². The Balaban J connectivity index is 2.22. The number of carbonyl (C=O) groups is 1. The lowest BCUT2D eigenvalue weighted by Gasteiger charge is -2.22. The van der Waals surface area contributed by atoms with Gasteiger partial charge in [-0.25, -0.2) is 0 Å². The molecule has 0 aliphatic heterocycles. The van der Waals surface area contributed by atoms with Gasteiger partial charge in [0.1, 0.15) is 0 Å². The Bertz CT molecular complexity index is 462. The smallest absolute Gasteiger partial charge is 0.306 e. The highest BCUT2D eigenvalue weighted by Crippen LogP contribution is 2.41. The van der Waals surface area contributed by atoms with Crippen molar-refractivity contribution >= 4 is 29.2 Å². The number of hydrogen-bond acceptors (Lipinski definition) is 2. The molecule has 1 aliphatic carbocycles. The molecule has 98 valence electrons. The van der Waals surface area contributed by atoms with Crippen molar-refractivity contribution in [1.29, 1.82) is 0 Å². The quantitative estimate of drug-likeness (QED) is 0.895. The van der Waals surface area contributed by atoms with Crippen LogP contribution in [0, 0.1) is 11.8 Å². The molecule has 1 aromatic carbocycles. The minimum atomic E-state index is -0.836. The van der Waals surface area contributed by atoms with Crippen molar-refractivity contribution in [2.45, 2.75) is 25.4 Å². The first kappa shape index (κ1) is 13.7. The summed E-state index contributed by atoms with van der Waals surface area (Å²) in [6.07, 6.45) is 1.37. The average molecular weight is 289 g/mol. The van der Waals surface area contributed by atoms with Crippen LogP contribution in [0.1, 0.15) is 30.9 Å². The summed E-state index contributed by atoms with van der Waals surface area (Å²) in [5.41, 5.74) is 0.627. The minimum absolute atomic E-state index is 0.250. The number of halogens is 2. The molecule has 3 unspecified atom stereocenters. The molecule has 5 heteroatoms. The Hall–Kier alpha value is -0.770. The molecule has 2 rings (SSSR count). The molecule has 0 radical (unpaired) electrons. The van der Waals surface area contributed by atoms with Crippen LogP contribution in [0.25, 0.3) is 0 Å². The van der Waals surface area contributed by atoms with Gasteiger partial charge in [0.15, 0.2) is 0 Å². The maximum Gasteiger partial charge on any atom is 0.306 e. The number of aliphatic carboxylic acids is 1. The predicted octanol–water partition coefficient (Wildman–Crippen LogP) is 3.53. The van der Waals surface area contributed by atoms with Gasteiger partial charge in [0.05, 0.1) is 22.1 Å². The van der Waals surface area contributed by atoms with E-state index in [-0.39, 0.29) is 5.92 Å². The highest BCUT2D eigenvalue weighted by Gasteiger charge is 2.38. The van der Waals surface area contributed by atoms with Crippen LogP contribution < -0.4 is 0 Å². The minimum Gasteiger partial charge on any atom is -0.481 e. The van der Waals surface area contributed by atoms with Crippen LogP contribution in [0.4, 0.5) is 0 Å². The number of aliphatic hydroxyl groups excluding tert-OH is 1. The Morgan fingerprint density at radius 2 is 2.00 bits per heavy atom. The standard InChI is InChI=1S/C13H14Cl2O3/c14-10-5-4-7(6-11(10)15)12(16)8-2-1-3-9(8)13(17)18/h4-6,8-9,12,16H,1-3H2,(H,17,18). The second kappa shape index (κ2) is 5.47. The van der Waals surface area contributed by atoms with Gasteiger partial charge in [-0.2, -0.15) is 0 Å². The van der Waals surface area contributed by atoms with Gasteiger partial charge in [-0.3, -0.25) is 4.79 Å². The summed E-state index contributed by atoms with van der Waals surface area (Å²) >= 11 is 11.7. The van der Waals surface area contributed by atoms with Crippen molar-refractivity contribution in [1.82, 2.24) is 0 Å². The van der Waals surface area contributed by atoms with E-state index in [2.05, 4.69) is 0 Å². The van der Waals surface area contributed by atoms with Gasteiger partial charge in [-0.1, -0.05) is 35.7 Å². The molecule has 0 spiro atoms. The summed E-state index contributed by atoms with van der Waals surface area (Å²) in [5.74, 6) is -1.56. The van der Waals surface area contributed by atoms with Gasteiger partial charge in [-0.15, -0.1) is 0 Å². The zero-order valence-corrected chi connectivity index (χ0v) is 11.2. The van der Waals surface area contributed by atoms with Crippen molar-refractivity contribution in [2.24, 2.45) is 11.8 Å². The number of hydrogen-bond donors (Lipinski definition) is 2. The van der Waals surface area contributed by atoms with Crippen LogP contribution >= 0.6 is 23.2 Å². The summed E-state index contributed by atoms with van der Waals surface area (Å²) < 4.78 is 0. The first-order chi connectivity index (χ1) is 8.50. The van der Waals surface area contributed by atoms with Crippen molar-refractivity contribution < 1.29 is 15.0 Å². The zero-order chi connectivity index (χ0) is 13.3. The fourth-order valence-corrected chi connectivity index (χ4v) is 2.92. The highest BCUT2D eigenvalue weighted by atomic mass is 35.5. The maximum atomic E-state index is 11.1. The number of carboxylic acid groups (broad SMARTS) is 1. The molecule has 1 aliphatic rings. The maximum absolute atomic E-state index is 11.1. The number of rotatable bonds is 3. The largest absolute Gasteiger partial charge is 0.481 e. The number of benzene rings is 1. The molecular weight excluding hydrogens is 275 g/mol. The van der Waals surface area contributed by atoms with Crippen molar-refractivity contribution in [3.05, 3.63) is 33.8 Å². The zero-order valence-electron chi connectivity index (χ0n) is 9.64. The van der Waals surface area contributed by atoms with Crippen LogP contribution in [-0.2, 0) is 4.79 Å². The lowest BCUT2D eigenvalue weighted by atomic mass is 9.87. The first-order valence-corrected chi connectivity index (χ1v) is 6.62. The van der Waals surface area contributed by atoms with E-state index in [9.17, 15) is 9.90 Å². The third-order valence-electron chi connectivity index (χ3n) is 3.58. The Morgan fingerprint density at radius 1 is 1.28 bits per heavy atom. The normalized spacial score (nSPS) is 25.1. The van der Waals surface area contributed by atoms with Crippen molar-refractivity contribution in [3.8, 4) is 0 Å². The molecule has 1 aromatic rings. The molecule has 3 nitrogen and oxygen atoms in total. The number of carboxylic acids is 1. The Morgan fingerprint density at radius 3 is 2.61 bits per heavy atom. The van der Waals surface area contributed by atoms with Crippen LogP contribution in [0.5, 0.6) is 0 Å². The first-order valence-electron chi connectivity index (χ1n) is 5.86. The summed E-state index contributed by atoms with van der Waals surface area (Å²) in [7, 11) is 0. The molecule has 1 saturated carbocycles. The van der Waals surface area contributed by atoms with Crippen LogP contribution in [0.3, 0.4) is 0 Å². The topological polar surface area (TPSA) is 57.5 Å². The van der Waals surface area contributed by atoms with E-state index in [1.165, 1.54) is 0 Å². The van der Waals surface area contributed by atoms with Crippen LogP contribution in [0.2, 0.25) is 10.0 Å². The van der Waals surface area contributed by atoms with Gasteiger partial charge in [-0.05, 0) is 30.5 Å². The molecule has 0 aromatic heterocycles. The second-order valence-corrected chi connectivity index (χ2v) is 5.47. The summed E-state index contributed by atoms with van der Waals surface area (Å²) in [5, 5.41) is 20.2. The molecule has 3 atom stereocenters.